The molecule has 4 aromatic rings. The van der Waals surface area contributed by atoms with E-state index >= 15 is 0 Å². The van der Waals surface area contributed by atoms with E-state index in [1.807, 2.05) is 52.0 Å². The van der Waals surface area contributed by atoms with Gasteiger partial charge in [0.2, 0.25) is 0 Å². The summed E-state index contributed by atoms with van der Waals surface area (Å²) in [7, 11) is 0. The van der Waals surface area contributed by atoms with Gasteiger partial charge >= 0.3 is 23.9 Å². The number of halogens is 6. The molecule has 0 atom stereocenters. The van der Waals surface area contributed by atoms with Gasteiger partial charge in [-0.25, -0.2) is 19.2 Å². The molecule has 4 rings (SSSR count). The van der Waals surface area contributed by atoms with Crippen LogP contribution in [0.1, 0.15) is 82.5 Å². The molecule has 0 fully saturated rings. The largest absolute Gasteiger partial charge is 0.457 e. The van der Waals surface area contributed by atoms with Crippen LogP contribution in [0.15, 0.2) is 60.7 Å². The molecule has 8 nitrogen and oxygen atoms in total. The standard InChI is InChI=1S/C36H28Cl6O8/c1-17(2)21-9-5-19(6-10-21)15-47-33(43)27-29(41)23(37)13-25(39)31(27)49-35(45)36(46)50-32-26(40)14-24(38)30(42)28(32)34(44)48-16-20-7-11-22(12-8-20)18(3)4/h5-14,17-18H,15-16H2,1-4H3. The lowest BCUT2D eigenvalue weighted by atomic mass is 10.0. The van der Waals surface area contributed by atoms with Crippen molar-refractivity contribution in [1.29, 1.82) is 0 Å². The predicted molar refractivity (Wildman–Crippen MR) is 194 cm³/mol. The molecule has 262 valence electrons. The molecule has 0 spiro atoms. The molecule has 0 aliphatic rings. The zero-order valence-electron chi connectivity index (χ0n) is 26.9. The zero-order chi connectivity index (χ0) is 36.9. The molecule has 0 saturated heterocycles. The summed E-state index contributed by atoms with van der Waals surface area (Å²) in [5.74, 6) is -6.15. The molecule has 0 radical (unpaired) electrons. The normalized spacial score (nSPS) is 11.0. The Labute approximate surface area is 318 Å². The quantitative estimate of drug-likeness (QED) is 0.0676. The van der Waals surface area contributed by atoms with Crippen molar-refractivity contribution in [3.63, 3.8) is 0 Å². The maximum atomic E-state index is 13.2. The van der Waals surface area contributed by atoms with Crippen molar-refractivity contribution in [2.45, 2.75) is 52.7 Å². The van der Waals surface area contributed by atoms with Crippen LogP contribution in [0.4, 0.5) is 0 Å². The van der Waals surface area contributed by atoms with Crippen molar-refractivity contribution >= 4 is 93.5 Å². The van der Waals surface area contributed by atoms with E-state index in [0.717, 1.165) is 23.3 Å². The van der Waals surface area contributed by atoms with Crippen LogP contribution in [0, 0.1) is 0 Å². The summed E-state index contributed by atoms with van der Waals surface area (Å²) >= 11 is 37.4. The first-order valence-electron chi connectivity index (χ1n) is 14.9. The van der Waals surface area contributed by atoms with Crippen molar-refractivity contribution in [2.75, 3.05) is 0 Å². The third-order valence-corrected chi connectivity index (χ3v) is 9.39. The van der Waals surface area contributed by atoms with Gasteiger partial charge in [-0.2, -0.15) is 0 Å². The molecule has 0 aromatic heterocycles. The Morgan fingerprint density at radius 1 is 0.520 bits per heavy atom. The van der Waals surface area contributed by atoms with E-state index in [4.69, 9.17) is 88.6 Å². The first-order chi connectivity index (χ1) is 23.6. The van der Waals surface area contributed by atoms with Crippen molar-refractivity contribution in [2.24, 2.45) is 0 Å². The van der Waals surface area contributed by atoms with Crippen LogP contribution in [-0.2, 0) is 32.3 Å². The van der Waals surface area contributed by atoms with E-state index in [1.54, 1.807) is 24.3 Å². The molecule has 4 aromatic carbocycles. The second-order valence-electron chi connectivity index (χ2n) is 11.4. The summed E-state index contributed by atoms with van der Waals surface area (Å²) in [5, 5.41) is -1.74. The summed E-state index contributed by atoms with van der Waals surface area (Å²) in [6, 6.07) is 16.9. The maximum absolute atomic E-state index is 13.2. The topological polar surface area (TPSA) is 105 Å². The molecule has 50 heavy (non-hydrogen) atoms. The lowest BCUT2D eigenvalue weighted by Crippen LogP contribution is -2.27. The molecule has 14 heteroatoms. The third-order valence-electron chi connectivity index (χ3n) is 7.25. The number of esters is 4. The number of benzene rings is 4. The second kappa shape index (κ2) is 17.1. The van der Waals surface area contributed by atoms with Gasteiger partial charge < -0.3 is 18.9 Å². The van der Waals surface area contributed by atoms with E-state index < -0.39 is 46.5 Å². The fourth-order valence-electron chi connectivity index (χ4n) is 4.43. The summed E-state index contributed by atoms with van der Waals surface area (Å²) in [4.78, 5) is 52.5. The highest BCUT2D eigenvalue weighted by Gasteiger charge is 2.32. The van der Waals surface area contributed by atoms with Gasteiger partial charge in [0, 0.05) is 0 Å². The van der Waals surface area contributed by atoms with Crippen LogP contribution in [0.25, 0.3) is 0 Å². The number of carbonyl (C=O) groups is 4. The van der Waals surface area contributed by atoms with Crippen LogP contribution in [-0.4, -0.2) is 23.9 Å². The SMILES string of the molecule is CC(C)c1ccc(COC(=O)c2c(Cl)c(Cl)cc(Cl)c2OC(=O)C(=O)Oc2c(Cl)cc(Cl)c(Cl)c2C(=O)OCc2ccc(C(C)C)cc2)cc1. The Kier molecular flexibility index (Phi) is 13.5. The fourth-order valence-corrected chi connectivity index (χ4v) is 5.87. The van der Waals surface area contributed by atoms with Crippen LogP contribution in [0.3, 0.4) is 0 Å². The Hall–Kier alpha value is -3.50. The van der Waals surface area contributed by atoms with Gasteiger partial charge in [0.25, 0.3) is 0 Å². The van der Waals surface area contributed by atoms with E-state index in [0.29, 0.717) is 23.0 Å². The minimum atomic E-state index is -1.68. The second-order valence-corrected chi connectivity index (χ2v) is 13.8. The highest BCUT2D eigenvalue weighted by atomic mass is 35.5. The lowest BCUT2D eigenvalue weighted by molar-refractivity contribution is -0.156. The fraction of sp³-hybridized carbons (Fsp3) is 0.222. The van der Waals surface area contributed by atoms with Crippen molar-refractivity contribution in [3.05, 3.63) is 124 Å². The van der Waals surface area contributed by atoms with Crippen molar-refractivity contribution in [1.82, 2.24) is 0 Å². The van der Waals surface area contributed by atoms with E-state index in [9.17, 15) is 19.2 Å². The number of rotatable bonds is 10. The van der Waals surface area contributed by atoms with Crippen molar-refractivity contribution < 1.29 is 38.1 Å². The number of ether oxygens (including phenoxy) is 4. The first-order valence-corrected chi connectivity index (χ1v) is 17.2. The molecular formula is C36H28Cl6O8. The molecule has 0 aliphatic carbocycles. The molecule has 0 amide bonds. The van der Waals surface area contributed by atoms with Gasteiger partial charge in [-0.05, 0) is 46.2 Å². The Bertz CT molecular complexity index is 1800. The van der Waals surface area contributed by atoms with Gasteiger partial charge in [0.1, 0.15) is 24.3 Å². The zero-order valence-corrected chi connectivity index (χ0v) is 31.4. The molecule has 0 N–H and O–H groups in total. The van der Waals surface area contributed by atoms with Gasteiger partial charge in [0.05, 0.1) is 30.1 Å². The predicted octanol–water partition coefficient (Wildman–Crippen LogP) is 11.1. The highest BCUT2D eigenvalue weighted by Crippen LogP contribution is 2.42. The van der Waals surface area contributed by atoms with Crippen LogP contribution in [0.2, 0.25) is 30.1 Å². The third kappa shape index (κ3) is 9.43. The molecular weight excluding hydrogens is 773 g/mol. The van der Waals surface area contributed by atoms with Gasteiger partial charge in [-0.3, -0.25) is 0 Å². The lowest BCUT2D eigenvalue weighted by Gasteiger charge is -2.16. The molecule has 0 unspecified atom stereocenters. The van der Waals surface area contributed by atoms with E-state index in [2.05, 4.69) is 0 Å². The van der Waals surface area contributed by atoms with Crippen LogP contribution in [0.5, 0.6) is 11.5 Å². The summed E-state index contributed by atoms with van der Waals surface area (Å²) in [6.07, 6.45) is 0. The monoisotopic (exact) mass is 798 g/mol. The Balaban J connectivity index is 1.54. The van der Waals surface area contributed by atoms with E-state index in [1.165, 1.54) is 0 Å². The minimum absolute atomic E-state index is 0.158. The highest BCUT2D eigenvalue weighted by molar-refractivity contribution is 6.47. The van der Waals surface area contributed by atoms with Crippen molar-refractivity contribution in [3.8, 4) is 11.5 Å². The van der Waals surface area contributed by atoms with Crippen LogP contribution < -0.4 is 9.47 Å². The van der Waals surface area contributed by atoms with E-state index in [-0.39, 0.29) is 43.3 Å². The molecule has 0 bridgehead atoms. The summed E-state index contributed by atoms with van der Waals surface area (Å²) in [5.41, 5.74) is 2.44. The smallest absolute Gasteiger partial charge is 0.423 e. The Morgan fingerprint density at radius 2 is 0.840 bits per heavy atom. The Morgan fingerprint density at radius 3 is 1.14 bits per heavy atom. The molecule has 0 aliphatic heterocycles. The number of carbonyl (C=O) groups excluding carboxylic acids is 4. The molecule has 0 saturated carbocycles. The summed E-state index contributed by atoms with van der Waals surface area (Å²) < 4.78 is 21.1. The minimum Gasteiger partial charge on any atom is -0.457 e. The van der Waals surface area contributed by atoms with Gasteiger partial charge in [-0.15, -0.1) is 0 Å². The van der Waals surface area contributed by atoms with Crippen LogP contribution >= 0.6 is 69.6 Å². The summed E-state index contributed by atoms with van der Waals surface area (Å²) in [6.45, 7) is 7.81. The first kappa shape index (κ1) is 39.3. The van der Waals surface area contributed by atoms with Gasteiger partial charge in [-0.1, -0.05) is 146 Å². The average Bonchev–Trinajstić information content (AvgIpc) is 3.07. The average molecular weight is 801 g/mol. The van der Waals surface area contributed by atoms with Gasteiger partial charge in [0.15, 0.2) is 11.5 Å². The molecule has 0 heterocycles. The maximum Gasteiger partial charge on any atom is 0.423 e. The number of hydrogen-bond donors (Lipinski definition) is 0. The number of hydrogen-bond acceptors (Lipinski definition) is 8.